The van der Waals surface area contributed by atoms with Gasteiger partial charge in [0.2, 0.25) is 5.91 Å². The van der Waals surface area contributed by atoms with Crippen LogP contribution in [0.4, 0.5) is 0 Å². The van der Waals surface area contributed by atoms with E-state index in [4.69, 9.17) is 5.73 Å². The van der Waals surface area contributed by atoms with Gasteiger partial charge < -0.3 is 10.6 Å². The van der Waals surface area contributed by atoms with Gasteiger partial charge in [0.1, 0.15) is 0 Å². The number of rotatable bonds is 1. The molecule has 1 amide bonds. The highest BCUT2D eigenvalue weighted by molar-refractivity contribution is 5.88. The molecule has 2 N–H and O–H groups in total. The van der Waals surface area contributed by atoms with E-state index in [0.29, 0.717) is 0 Å². The minimum atomic E-state index is 0.0606. The van der Waals surface area contributed by atoms with Crippen molar-refractivity contribution in [3.63, 3.8) is 0 Å². The summed E-state index contributed by atoms with van der Waals surface area (Å²) in [4.78, 5) is 14.1. The fourth-order valence-corrected chi connectivity index (χ4v) is 2.02. The predicted molar refractivity (Wildman–Crippen MR) is 71.6 cm³/mol. The van der Waals surface area contributed by atoms with Crippen molar-refractivity contribution in [2.24, 2.45) is 11.1 Å². The third-order valence-corrected chi connectivity index (χ3v) is 3.72. The highest BCUT2D eigenvalue weighted by atomic mass is 16.2. The van der Waals surface area contributed by atoms with Gasteiger partial charge in [-0.15, -0.1) is 0 Å². The number of carbonyl (C=O) groups excluding carboxylic acids is 1. The molecule has 98 valence electrons. The number of hydrogen-bond acceptors (Lipinski definition) is 2. The molecule has 0 bridgehead atoms. The predicted octanol–water partition coefficient (Wildman–Crippen LogP) is 2.32. The molecule has 1 aliphatic heterocycles. The quantitative estimate of drug-likeness (QED) is 0.713. The van der Waals surface area contributed by atoms with Crippen LogP contribution in [0, 0.1) is 5.41 Å². The second kappa shape index (κ2) is 5.21. The topological polar surface area (TPSA) is 46.3 Å². The molecule has 3 nitrogen and oxygen atoms in total. The van der Waals surface area contributed by atoms with Crippen molar-refractivity contribution < 1.29 is 4.79 Å². The lowest BCUT2D eigenvalue weighted by molar-refractivity contribution is -0.129. The summed E-state index contributed by atoms with van der Waals surface area (Å²) in [6, 6.07) is 0.511. The standard InChI is InChI=1S/C14H26N2O/c1-10(14(3,4)5)8-13(17)16-7-6-12(15)9-11(16)2/h8,11-12H,6-7,9,15H2,1-5H3/b10-8-. The summed E-state index contributed by atoms with van der Waals surface area (Å²) >= 11 is 0. The highest BCUT2D eigenvalue weighted by Crippen LogP contribution is 2.25. The Balaban J connectivity index is 2.71. The van der Waals surface area contributed by atoms with Crippen molar-refractivity contribution in [1.82, 2.24) is 4.90 Å². The van der Waals surface area contributed by atoms with Crippen LogP contribution < -0.4 is 5.73 Å². The number of likely N-dealkylation sites (tertiary alicyclic amines) is 1. The monoisotopic (exact) mass is 238 g/mol. The lowest BCUT2D eigenvalue weighted by Gasteiger charge is -2.36. The number of piperidine rings is 1. The molecular weight excluding hydrogens is 212 g/mol. The minimum Gasteiger partial charge on any atom is -0.336 e. The Labute approximate surface area is 105 Å². The van der Waals surface area contributed by atoms with Crippen molar-refractivity contribution in [2.45, 2.75) is 59.5 Å². The third-order valence-electron chi connectivity index (χ3n) is 3.72. The molecule has 0 aromatic heterocycles. The van der Waals surface area contributed by atoms with Crippen molar-refractivity contribution in [2.75, 3.05) is 6.54 Å². The maximum absolute atomic E-state index is 12.2. The summed E-state index contributed by atoms with van der Waals surface area (Å²) in [5, 5.41) is 0. The Morgan fingerprint density at radius 2 is 2.00 bits per heavy atom. The fourth-order valence-electron chi connectivity index (χ4n) is 2.02. The molecule has 0 spiro atoms. The van der Waals surface area contributed by atoms with Gasteiger partial charge in [0.05, 0.1) is 0 Å². The van der Waals surface area contributed by atoms with E-state index in [1.165, 1.54) is 0 Å². The Morgan fingerprint density at radius 3 is 2.47 bits per heavy atom. The average molecular weight is 238 g/mol. The molecule has 0 aromatic rings. The summed E-state index contributed by atoms with van der Waals surface area (Å²) in [7, 11) is 0. The number of carbonyl (C=O) groups is 1. The van der Waals surface area contributed by atoms with E-state index in [1.54, 1.807) is 6.08 Å². The number of hydrogen-bond donors (Lipinski definition) is 1. The van der Waals surface area contributed by atoms with Gasteiger partial charge in [0.15, 0.2) is 0 Å². The van der Waals surface area contributed by atoms with Crippen LogP contribution in [0.5, 0.6) is 0 Å². The van der Waals surface area contributed by atoms with E-state index in [2.05, 4.69) is 27.7 Å². The van der Waals surface area contributed by atoms with E-state index in [1.807, 2.05) is 11.8 Å². The van der Waals surface area contributed by atoms with E-state index in [0.717, 1.165) is 25.0 Å². The molecule has 3 heteroatoms. The average Bonchev–Trinajstić information content (AvgIpc) is 2.15. The Hall–Kier alpha value is -0.830. The fraction of sp³-hybridized carbons (Fsp3) is 0.786. The van der Waals surface area contributed by atoms with Crippen molar-refractivity contribution >= 4 is 5.91 Å². The molecular formula is C14H26N2O. The lowest BCUT2D eigenvalue weighted by atomic mass is 9.87. The second-order valence-electron chi connectivity index (χ2n) is 6.24. The summed E-state index contributed by atoms with van der Waals surface area (Å²) < 4.78 is 0. The van der Waals surface area contributed by atoms with Crippen molar-refractivity contribution in [1.29, 1.82) is 0 Å². The summed E-state index contributed by atoms with van der Waals surface area (Å²) in [5.74, 6) is 0.136. The van der Waals surface area contributed by atoms with E-state index >= 15 is 0 Å². The molecule has 1 fully saturated rings. The Kier molecular flexibility index (Phi) is 4.36. The lowest BCUT2D eigenvalue weighted by Crippen LogP contribution is -2.47. The molecule has 2 atom stereocenters. The van der Waals surface area contributed by atoms with E-state index < -0.39 is 0 Å². The molecule has 1 rings (SSSR count). The minimum absolute atomic E-state index is 0.0606. The first-order valence-corrected chi connectivity index (χ1v) is 6.46. The van der Waals surface area contributed by atoms with Crippen LogP contribution in [-0.2, 0) is 4.79 Å². The zero-order chi connectivity index (χ0) is 13.2. The molecule has 1 heterocycles. The Bertz CT molecular complexity index is 315. The number of nitrogens with two attached hydrogens (primary N) is 1. The van der Waals surface area contributed by atoms with Crippen LogP contribution in [-0.4, -0.2) is 29.4 Å². The highest BCUT2D eigenvalue weighted by Gasteiger charge is 2.26. The number of amides is 1. The van der Waals surface area contributed by atoms with Crippen LogP contribution in [0.15, 0.2) is 11.6 Å². The van der Waals surface area contributed by atoms with Gasteiger partial charge in [-0.2, -0.15) is 0 Å². The number of nitrogens with zero attached hydrogens (tertiary/aromatic N) is 1. The van der Waals surface area contributed by atoms with Crippen LogP contribution in [0.25, 0.3) is 0 Å². The van der Waals surface area contributed by atoms with Gasteiger partial charge in [-0.05, 0) is 32.1 Å². The maximum atomic E-state index is 12.2. The molecule has 1 saturated heterocycles. The summed E-state index contributed by atoms with van der Waals surface area (Å²) in [6.07, 6.45) is 3.61. The van der Waals surface area contributed by atoms with Crippen LogP contribution >= 0.6 is 0 Å². The molecule has 1 aliphatic rings. The molecule has 17 heavy (non-hydrogen) atoms. The van der Waals surface area contributed by atoms with Crippen LogP contribution in [0.2, 0.25) is 0 Å². The first kappa shape index (κ1) is 14.2. The number of allylic oxidation sites excluding steroid dienone is 1. The molecule has 0 aliphatic carbocycles. The van der Waals surface area contributed by atoms with Gasteiger partial charge in [0, 0.05) is 24.7 Å². The smallest absolute Gasteiger partial charge is 0.246 e. The van der Waals surface area contributed by atoms with Crippen LogP contribution in [0.1, 0.15) is 47.5 Å². The van der Waals surface area contributed by atoms with E-state index in [9.17, 15) is 4.79 Å². The third kappa shape index (κ3) is 3.84. The second-order valence-corrected chi connectivity index (χ2v) is 6.24. The van der Waals surface area contributed by atoms with Gasteiger partial charge in [0.25, 0.3) is 0 Å². The van der Waals surface area contributed by atoms with Gasteiger partial charge in [-0.25, -0.2) is 0 Å². The van der Waals surface area contributed by atoms with Gasteiger partial charge in [-0.1, -0.05) is 26.3 Å². The van der Waals surface area contributed by atoms with Crippen molar-refractivity contribution in [3.05, 3.63) is 11.6 Å². The normalized spacial score (nSPS) is 27.2. The molecule has 0 saturated carbocycles. The molecule has 0 radical (unpaired) electrons. The largest absolute Gasteiger partial charge is 0.336 e. The van der Waals surface area contributed by atoms with Gasteiger partial charge in [-0.3, -0.25) is 4.79 Å². The first-order chi connectivity index (χ1) is 7.71. The zero-order valence-corrected chi connectivity index (χ0v) is 11.8. The molecule has 0 aromatic carbocycles. The van der Waals surface area contributed by atoms with Crippen molar-refractivity contribution in [3.8, 4) is 0 Å². The molecule has 2 unspecified atom stereocenters. The summed E-state index contributed by atoms with van der Waals surface area (Å²) in [6.45, 7) is 11.3. The van der Waals surface area contributed by atoms with Crippen LogP contribution in [0.3, 0.4) is 0 Å². The van der Waals surface area contributed by atoms with Gasteiger partial charge >= 0.3 is 0 Å². The zero-order valence-electron chi connectivity index (χ0n) is 11.8. The SMILES string of the molecule is C/C(=C/C(=O)N1CCC(N)CC1C)C(C)(C)C. The van der Waals surface area contributed by atoms with E-state index in [-0.39, 0.29) is 23.4 Å². The first-order valence-electron chi connectivity index (χ1n) is 6.46. The maximum Gasteiger partial charge on any atom is 0.246 e. The Morgan fingerprint density at radius 1 is 1.41 bits per heavy atom. The summed E-state index contributed by atoms with van der Waals surface area (Å²) in [5.41, 5.74) is 7.09.